The molecule has 176 valence electrons. The van der Waals surface area contributed by atoms with Gasteiger partial charge in [0, 0.05) is 6.42 Å². The van der Waals surface area contributed by atoms with Crippen LogP contribution >= 0.6 is 0 Å². The van der Waals surface area contributed by atoms with Crippen LogP contribution in [0.4, 0.5) is 0 Å². The van der Waals surface area contributed by atoms with Crippen LogP contribution in [0.15, 0.2) is 30.3 Å². The number of carboxylic acids is 2. The molecule has 3 amide bonds. The van der Waals surface area contributed by atoms with Crippen molar-refractivity contribution in [3.8, 4) is 0 Å². The van der Waals surface area contributed by atoms with Gasteiger partial charge in [0.05, 0.1) is 25.7 Å². The van der Waals surface area contributed by atoms with Crippen molar-refractivity contribution >= 4 is 29.7 Å². The SMILES string of the molecule is NC(CC(=O)O)C(=O)NC(CO)C(=O)NC(Cc1ccccc1)C(=O)NC(CO)C(=O)O. The number of carbonyl (C=O) groups is 5. The number of aliphatic carboxylic acids is 2. The topological polar surface area (TPSA) is 228 Å². The monoisotopic (exact) mass is 454 g/mol. The fourth-order valence-corrected chi connectivity index (χ4v) is 2.54. The molecule has 1 aromatic carbocycles. The van der Waals surface area contributed by atoms with E-state index in [9.17, 15) is 29.1 Å². The van der Waals surface area contributed by atoms with Crippen LogP contribution in [0.5, 0.6) is 0 Å². The summed E-state index contributed by atoms with van der Waals surface area (Å²) >= 11 is 0. The van der Waals surface area contributed by atoms with E-state index in [0.717, 1.165) is 0 Å². The zero-order valence-corrected chi connectivity index (χ0v) is 16.9. The van der Waals surface area contributed by atoms with E-state index in [4.69, 9.17) is 21.1 Å². The fraction of sp³-hybridized carbons (Fsp3) is 0.421. The molecule has 0 aliphatic rings. The maximum Gasteiger partial charge on any atom is 0.328 e. The number of hydrogen-bond donors (Lipinski definition) is 8. The maximum absolute atomic E-state index is 12.6. The molecule has 13 nitrogen and oxygen atoms in total. The van der Waals surface area contributed by atoms with Crippen LogP contribution in [0, 0.1) is 0 Å². The quantitative estimate of drug-likeness (QED) is 0.147. The van der Waals surface area contributed by atoms with E-state index in [1.807, 2.05) is 0 Å². The number of aliphatic hydroxyl groups excluding tert-OH is 2. The first kappa shape index (κ1) is 26.5. The highest BCUT2D eigenvalue weighted by molar-refractivity contribution is 5.94. The van der Waals surface area contributed by atoms with Gasteiger partial charge in [-0.3, -0.25) is 19.2 Å². The van der Waals surface area contributed by atoms with E-state index in [1.165, 1.54) is 0 Å². The normalized spacial score (nSPS) is 14.3. The van der Waals surface area contributed by atoms with Crippen LogP contribution in [-0.4, -0.2) is 87.5 Å². The van der Waals surface area contributed by atoms with Crippen molar-refractivity contribution in [2.45, 2.75) is 37.0 Å². The lowest BCUT2D eigenvalue weighted by Gasteiger charge is -2.24. The van der Waals surface area contributed by atoms with Gasteiger partial charge in [-0.25, -0.2) is 4.79 Å². The molecule has 0 aliphatic carbocycles. The number of aliphatic hydroxyl groups is 2. The standard InChI is InChI=1S/C19H26N4O9/c20-11(7-15(26)27)16(28)22-13(8-24)18(30)21-12(6-10-4-2-1-3-5-10)17(29)23-14(9-25)19(31)32/h1-5,11-14,24-25H,6-9,20H2,(H,21,30)(H,22,28)(H,23,29)(H,26,27)(H,31,32). The zero-order chi connectivity index (χ0) is 24.3. The Morgan fingerprint density at radius 2 is 1.28 bits per heavy atom. The summed E-state index contributed by atoms with van der Waals surface area (Å²) in [4.78, 5) is 58.9. The van der Waals surface area contributed by atoms with Gasteiger partial charge in [0.25, 0.3) is 0 Å². The third-order valence-electron chi connectivity index (χ3n) is 4.26. The molecule has 32 heavy (non-hydrogen) atoms. The van der Waals surface area contributed by atoms with Crippen molar-refractivity contribution in [1.29, 1.82) is 0 Å². The second-order valence-electron chi connectivity index (χ2n) is 6.78. The van der Waals surface area contributed by atoms with Crippen LogP contribution in [0.2, 0.25) is 0 Å². The van der Waals surface area contributed by atoms with Gasteiger partial charge in [-0.15, -0.1) is 0 Å². The molecule has 0 aliphatic heterocycles. The molecule has 0 heterocycles. The van der Waals surface area contributed by atoms with Crippen molar-refractivity contribution in [3.05, 3.63) is 35.9 Å². The largest absolute Gasteiger partial charge is 0.481 e. The predicted octanol–water partition coefficient (Wildman–Crippen LogP) is -3.45. The minimum atomic E-state index is -1.61. The molecular formula is C19H26N4O9. The van der Waals surface area contributed by atoms with Gasteiger partial charge in [0.1, 0.15) is 18.1 Å². The van der Waals surface area contributed by atoms with E-state index >= 15 is 0 Å². The van der Waals surface area contributed by atoms with Crippen LogP contribution in [0.3, 0.4) is 0 Å². The van der Waals surface area contributed by atoms with Crippen LogP contribution in [0.1, 0.15) is 12.0 Å². The molecule has 0 spiro atoms. The number of hydrogen-bond acceptors (Lipinski definition) is 8. The molecule has 0 fully saturated rings. The third-order valence-corrected chi connectivity index (χ3v) is 4.26. The van der Waals surface area contributed by atoms with Crippen molar-refractivity contribution in [1.82, 2.24) is 16.0 Å². The first-order valence-electron chi connectivity index (χ1n) is 9.46. The van der Waals surface area contributed by atoms with E-state index in [-0.39, 0.29) is 6.42 Å². The van der Waals surface area contributed by atoms with Crippen molar-refractivity contribution in [3.63, 3.8) is 0 Å². The van der Waals surface area contributed by atoms with Gasteiger partial charge in [-0.1, -0.05) is 30.3 Å². The Morgan fingerprint density at radius 1 is 0.781 bits per heavy atom. The van der Waals surface area contributed by atoms with E-state index in [2.05, 4.69) is 16.0 Å². The van der Waals surface area contributed by atoms with Crippen molar-refractivity contribution in [2.75, 3.05) is 13.2 Å². The number of nitrogens with one attached hydrogen (secondary N) is 3. The third kappa shape index (κ3) is 8.67. The molecule has 0 saturated heterocycles. The molecule has 9 N–H and O–H groups in total. The summed E-state index contributed by atoms with van der Waals surface area (Å²) in [5, 5.41) is 42.8. The highest BCUT2D eigenvalue weighted by Gasteiger charge is 2.30. The Labute approximate surface area is 182 Å². The van der Waals surface area contributed by atoms with Crippen molar-refractivity contribution in [2.24, 2.45) is 5.73 Å². The molecule has 1 aromatic rings. The summed E-state index contributed by atoms with van der Waals surface area (Å²) in [6, 6.07) is 2.44. The molecular weight excluding hydrogens is 428 g/mol. The summed E-state index contributed by atoms with van der Waals surface area (Å²) < 4.78 is 0. The van der Waals surface area contributed by atoms with E-state index < -0.39 is 73.5 Å². The molecule has 4 atom stereocenters. The Kier molecular flexibility index (Phi) is 10.8. The molecule has 0 bridgehead atoms. The maximum atomic E-state index is 12.6. The lowest BCUT2D eigenvalue weighted by molar-refractivity contribution is -0.143. The summed E-state index contributed by atoms with van der Waals surface area (Å²) in [6.45, 7) is -1.77. The van der Waals surface area contributed by atoms with Gasteiger partial charge in [-0.2, -0.15) is 0 Å². The zero-order valence-electron chi connectivity index (χ0n) is 16.9. The summed E-state index contributed by atoms with van der Waals surface area (Å²) in [5.41, 5.74) is 6.03. The van der Waals surface area contributed by atoms with Gasteiger partial charge in [0.2, 0.25) is 17.7 Å². The van der Waals surface area contributed by atoms with Crippen LogP contribution in [0.25, 0.3) is 0 Å². The Balaban J connectivity index is 2.96. The average Bonchev–Trinajstić information content (AvgIpc) is 2.74. The number of rotatable bonds is 13. The van der Waals surface area contributed by atoms with Gasteiger partial charge in [-0.05, 0) is 5.56 Å². The molecule has 1 rings (SSSR count). The number of amides is 3. The minimum Gasteiger partial charge on any atom is -0.481 e. The molecule has 0 saturated carbocycles. The van der Waals surface area contributed by atoms with E-state index in [0.29, 0.717) is 5.56 Å². The van der Waals surface area contributed by atoms with Crippen LogP contribution in [-0.2, 0) is 30.4 Å². The number of benzene rings is 1. The second kappa shape index (κ2) is 13.0. The average molecular weight is 454 g/mol. The van der Waals surface area contributed by atoms with E-state index in [1.54, 1.807) is 30.3 Å². The molecule has 0 radical (unpaired) electrons. The van der Waals surface area contributed by atoms with Gasteiger partial charge in [0.15, 0.2) is 0 Å². The van der Waals surface area contributed by atoms with Crippen LogP contribution < -0.4 is 21.7 Å². The summed E-state index contributed by atoms with van der Waals surface area (Å²) in [5.74, 6) is -5.74. The lowest BCUT2D eigenvalue weighted by Crippen LogP contribution is -2.59. The highest BCUT2D eigenvalue weighted by Crippen LogP contribution is 2.05. The molecule has 4 unspecified atom stereocenters. The Hall–Kier alpha value is -3.55. The smallest absolute Gasteiger partial charge is 0.328 e. The lowest BCUT2D eigenvalue weighted by atomic mass is 10.0. The first-order valence-corrected chi connectivity index (χ1v) is 9.46. The summed E-state index contributed by atoms with van der Waals surface area (Å²) in [6.07, 6.45) is -0.775. The van der Waals surface area contributed by atoms with Gasteiger partial charge < -0.3 is 42.1 Å². The number of carbonyl (C=O) groups excluding carboxylic acids is 3. The molecule has 0 aromatic heterocycles. The number of carboxylic acid groups (broad SMARTS) is 2. The van der Waals surface area contributed by atoms with Gasteiger partial charge >= 0.3 is 11.9 Å². The first-order chi connectivity index (χ1) is 15.1. The predicted molar refractivity (Wildman–Crippen MR) is 108 cm³/mol. The minimum absolute atomic E-state index is 0.0686. The Bertz CT molecular complexity index is 818. The summed E-state index contributed by atoms with van der Waals surface area (Å²) in [7, 11) is 0. The number of nitrogens with two attached hydrogens (primary N) is 1. The molecule has 13 heteroatoms. The Morgan fingerprint density at radius 3 is 1.78 bits per heavy atom. The fourth-order valence-electron chi connectivity index (χ4n) is 2.54. The second-order valence-corrected chi connectivity index (χ2v) is 6.78. The highest BCUT2D eigenvalue weighted by atomic mass is 16.4. The van der Waals surface area contributed by atoms with Crippen molar-refractivity contribution < 1.29 is 44.4 Å².